The van der Waals surface area contributed by atoms with Gasteiger partial charge in [0.15, 0.2) is 0 Å². The molecule has 0 spiro atoms. The summed E-state index contributed by atoms with van der Waals surface area (Å²) < 4.78 is 9.95. The van der Waals surface area contributed by atoms with Gasteiger partial charge in [0.05, 0.1) is 19.7 Å². The van der Waals surface area contributed by atoms with Crippen molar-refractivity contribution >= 4 is 22.8 Å². The van der Waals surface area contributed by atoms with Crippen LogP contribution in [0, 0.1) is 5.92 Å². The second-order valence-corrected chi connectivity index (χ2v) is 5.61. The molecule has 0 saturated heterocycles. The van der Waals surface area contributed by atoms with Crippen molar-refractivity contribution in [2.24, 2.45) is 5.92 Å². The van der Waals surface area contributed by atoms with Crippen LogP contribution in [0.2, 0.25) is 0 Å². The van der Waals surface area contributed by atoms with Crippen LogP contribution >= 0.6 is 0 Å². The number of aromatic nitrogens is 1. The van der Waals surface area contributed by atoms with E-state index in [2.05, 4.69) is 10.3 Å². The van der Waals surface area contributed by atoms with Gasteiger partial charge in [0, 0.05) is 5.39 Å². The molecule has 0 aliphatic carbocycles. The Balaban J connectivity index is 2.25. The lowest BCUT2D eigenvalue weighted by Gasteiger charge is -2.21. The first kappa shape index (κ1) is 17.7. The molecule has 2 atom stereocenters. The predicted molar refractivity (Wildman–Crippen MR) is 91.0 cm³/mol. The Morgan fingerprint density at radius 1 is 1.21 bits per heavy atom. The number of benzene rings is 1. The van der Waals surface area contributed by atoms with Gasteiger partial charge in [-0.15, -0.1) is 0 Å². The largest absolute Gasteiger partial charge is 0.497 e. The van der Waals surface area contributed by atoms with Crippen LogP contribution in [-0.2, 0) is 9.53 Å². The molecule has 0 saturated carbocycles. The molecule has 1 N–H and O–H groups in total. The third-order valence-electron chi connectivity index (χ3n) is 4.08. The zero-order valence-corrected chi connectivity index (χ0v) is 14.3. The van der Waals surface area contributed by atoms with Crippen LogP contribution in [0.25, 0.3) is 10.9 Å². The van der Waals surface area contributed by atoms with Crippen molar-refractivity contribution in [1.82, 2.24) is 10.3 Å². The molecule has 0 aliphatic rings. The van der Waals surface area contributed by atoms with E-state index in [-0.39, 0.29) is 11.6 Å². The molecule has 6 nitrogen and oxygen atoms in total. The number of pyridine rings is 1. The van der Waals surface area contributed by atoms with Gasteiger partial charge in [-0.3, -0.25) is 4.79 Å². The van der Waals surface area contributed by atoms with Crippen molar-refractivity contribution in [2.75, 3.05) is 14.2 Å². The van der Waals surface area contributed by atoms with Gasteiger partial charge in [-0.2, -0.15) is 0 Å². The van der Waals surface area contributed by atoms with E-state index in [4.69, 9.17) is 9.47 Å². The molecule has 24 heavy (non-hydrogen) atoms. The van der Waals surface area contributed by atoms with Gasteiger partial charge in [-0.1, -0.05) is 26.3 Å². The summed E-state index contributed by atoms with van der Waals surface area (Å²) in [5.74, 6) is -0.165. The van der Waals surface area contributed by atoms with E-state index in [1.165, 1.54) is 7.11 Å². The molecule has 0 radical (unpaired) electrons. The Bertz CT molecular complexity index is 745. The van der Waals surface area contributed by atoms with E-state index in [0.29, 0.717) is 5.52 Å². The van der Waals surface area contributed by atoms with Gasteiger partial charge in [0.25, 0.3) is 5.91 Å². The summed E-state index contributed by atoms with van der Waals surface area (Å²) in [6.45, 7) is 3.84. The second-order valence-electron chi connectivity index (χ2n) is 5.61. The number of carbonyl (C=O) groups excluding carboxylic acids is 2. The molecule has 1 heterocycles. The average Bonchev–Trinajstić information content (AvgIpc) is 2.63. The molecular weight excluding hydrogens is 308 g/mol. The lowest BCUT2D eigenvalue weighted by atomic mass is 9.99. The van der Waals surface area contributed by atoms with Crippen molar-refractivity contribution in [3.63, 3.8) is 0 Å². The Kier molecular flexibility index (Phi) is 5.73. The van der Waals surface area contributed by atoms with Crippen molar-refractivity contribution in [3.05, 3.63) is 36.0 Å². The number of esters is 1. The minimum absolute atomic E-state index is 0.0360. The van der Waals surface area contributed by atoms with Crippen molar-refractivity contribution < 1.29 is 19.1 Å². The molecule has 2 unspecified atom stereocenters. The molecule has 2 aromatic rings. The van der Waals surface area contributed by atoms with Crippen LogP contribution in [0.5, 0.6) is 5.75 Å². The Morgan fingerprint density at radius 2 is 1.96 bits per heavy atom. The van der Waals surface area contributed by atoms with Crippen LogP contribution in [0.3, 0.4) is 0 Å². The second kappa shape index (κ2) is 7.77. The topological polar surface area (TPSA) is 77.5 Å². The minimum Gasteiger partial charge on any atom is -0.497 e. The molecule has 0 aliphatic heterocycles. The number of hydrogen-bond acceptors (Lipinski definition) is 5. The van der Waals surface area contributed by atoms with Gasteiger partial charge in [0.2, 0.25) is 0 Å². The fourth-order valence-corrected chi connectivity index (χ4v) is 2.37. The predicted octanol–water partition coefficient (Wildman–Crippen LogP) is 2.56. The summed E-state index contributed by atoms with van der Waals surface area (Å²) in [5.41, 5.74) is 0.937. The van der Waals surface area contributed by atoms with Gasteiger partial charge in [0.1, 0.15) is 17.5 Å². The maximum Gasteiger partial charge on any atom is 0.328 e. The Morgan fingerprint density at radius 3 is 2.58 bits per heavy atom. The number of methoxy groups -OCH3 is 2. The fraction of sp³-hybridized carbons (Fsp3) is 0.389. The quantitative estimate of drug-likeness (QED) is 0.824. The highest BCUT2D eigenvalue weighted by Crippen LogP contribution is 2.19. The molecule has 6 heteroatoms. The number of nitrogens with one attached hydrogen (secondary N) is 1. The van der Waals surface area contributed by atoms with Crippen LogP contribution < -0.4 is 10.1 Å². The standard InChI is InChI=1S/C18H22N2O4/c1-5-11(2)16(18(22)24-4)20-17(21)15-8-6-12-10-13(23-3)7-9-14(12)19-15/h6-11,16H,5H2,1-4H3,(H,20,21). The highest BCUT2D eigenvalue weighted by atomic mass is 16.5. The van der Waals surface area contributed by atoms with Gasteiger partial charge < -0.3 is 14.8 Å². The van der Waals surface area contributed by atoms with Crippen LogP contribution in [-0.4, -0.2) is 37.1 Å². The molecule has 1 aromatic heterocycles. The van der Waals surface area contributed by atoms with E-state index in [0.717, 1.165) is 17.6 Å². The third-order valence-corrected chi connectivity index (χ3v) is 4.08. The molecule has 128 valence electrons. The summed E-state index contributed by atoms with van der Waals surface area (Å²) in [5, 5.41) is 3.59. The summed E-state index contributed by atoms with van der Waals surface area (Å²) in [4.78, 5) is 28.7. The van der Waals surface area contributed by atoms with Crippen molar-refractivity contribution in [1.29, 1.82) is 0 Å². The molecule has 0 bridgehead atoms. The molecule has 2 rings (SSSR count). The number of amides is 1. The lowest BCUT2D eigenvalue weighted by Crippen LogP contribution is -2.45. The fourth-order valence-electron chi connectivity index (χ4n) is 2.37. The minimum atomic E-state index is -0.694. The molecule has 1 amide bonds. The van der Waals surface area contributed by atoms with Crippen molar-refractivity contribution in [2.45, 2.75) is 26.3 Å². The third kappa shape index (κ3) is 3.82. The first-order valence-corrected chi connectivity index (χ1v) is 7.83. The normalized spacial score (nSPS) is 13.2. The van der Waals surface area contributed by atoms with Crippen LogP contribution in [0.1, 0.15) is 30.8 Å². The van der Waals surface area contributed by atoms with E-state index >= 15 is 0 Å². The van der Waals surface area contributed by atoms with E-state index < -0.39 is 17.9 Å². The zero-order chi connectivity index (χ0) is 17.7. The van der Waals surface area contributed by atoms with Gasteiger partial charge in [-0.05, 0) is 30.2 Å². The maximum atomic E-state index is 12.5. The SMILES string of the molecule is CCC(C)C(NC(=O)c1ccc2cc(OC)ccc2n1)C(=O)OC. The van der Waals surface area contributed by atoms with Crippen molar-refractivity contribution in [3.8, 4) is 5.75 Å². The monoisotopic (exact) mass is 330 g/mol. The Hall–Kier alpha value is -2.63. The number of rotatable bonds is 6. The van der Waals surface area contributed by atoms with E-state index in [1.54, 1.807) is 31.4 Å². The maximum absolute atomic E-state index is 12.5. The van der Waals surface area contributed by atoms with Gasteiger partial charge >= 0.3 is 5.97 Å². The number of carbonyl (C=O) groups is 2. The van der Waals surface area contributed by atoms with E-state index in [1.807, 2.05) is 19.9 Å². The highest BCUT2D eigenvalue weighted by Gasteiger charge is 2.27. The summed E-state index contributed by atoms with van der Waals surface area (Å²) >= 11 is 0. The molecule has 0 fully saturated rings. The van der Waals surface area contributed by atoms with Gasteiger partial charge in [-0.25, -0.2) is 9.78 Å². The number of fused-ring (bicyclic) bond motifs is 1. The summed E-state index contributed by atoms with van der Waals surface area (Å²) in [6, 6.07) is 8.16. The molecular formula is C18H22N2O4. The first-order chi connectivity index (χ1) is 11.5. The molecule has 1 aromatic carbocycles. The number of hydrogen-bond donors (Lipinski definition) is 1. The number of nitrogens with zero attached hydrogens (tertiary/aromatic N) is 1. The van der Waals surface area contributed by atoms with Crippen LogP contribution in [0.15, 0.2) is 30.3 Å². The Labute approximate surface area is 141 Å². The van der Waals surface area contributed by atoms with Crippen LogP contribution in [0.4, 0.5) is 0 Å². The van der Waals surface area contributed by atoms with E-state index in [9.17, 15) is 9.59 Å². The first-order valence-electron chi connectivity index (χ1n) is 7.83. The smallest absolute Gasteiger partial charge is 0.328 e. The lowest BCUT2D eigenvalue weighted by molar-refractivity contribution is -0.144. The average molecular weight is 330 g/mol. The highest BCUT2D eigenvalue weighted by molar-refractivity contribution is 5.97. The zero-order valence-electron chi connectivity index (χ0n) is 14.3. The number of ether oxygens (including phenoxy) is 2. The summed E-state index contributed by atoms with van der Waals surface area (Å²) in [6.07, 6.45) is 0.741. The summed E-state index contributed by atoms with van der Waals surface area (Å²) in [7, 11) is 2.91.